The number of amides is 2. The summed E-state index contributed by atoms with van der Waals surface area (Å²) >= 11 is 0. The summed E-state index contributed by atoms with van der Waals surface area (Å²) in [6.45, 7) is 11.0. The van der Waals surface area contributed by atoms with Gasteiger partial charge in [0.15, 0.2) is 0 Å². The highest BCUT2D eigenvalue weighted by molar-refractivity contribution is 5.88. The fraction of sp³-hybridized carbons (Fsp3) is 0.417. The summed E-state index contributed by atoms with van der Waals surface area (Å²) in [7, 11) is 0. The van der Waals surface area contributed by atoms with Crippen molar-refractivity contribution in [1.29, 1.82) is 0 Å². The predicted octanol–water partition coefficient (Wildman–Crippen LogP) is 4.10. The average molecular weight is 381 g/mol. The molecule has 0 aliphatic carbocycles. The van der Waals surface area contributed by atoms with Gasteiger partial charge in [-0.05, 0) is 56.4 Å². The van der Waals surface area contributed by atoms with E-state index in [1.807, 2.05) is 57.2 Å². The first-order valence-corrected chi connectivity index (χ1v) is 10.0. The number of nitrogens with one attached hydrogen (secondary N) is 1. The Labute approximate surface area is 169 Å². The molecule has 28 heavy (non-hydrogen) atoms. The lowest BCUT2D eigenvalue weighted by atomic mass is 10.0. The molecule has 2 aromatic carbocycles. The molecule has 1 N–H and O–H groups in total. The maximum Gasteiger partial charge on any atom is 0.242 e. The third-order valence-electron chi connectivity index (χ3n) is 5.14. The summed E-state index contributed by atoms with van der Waals surface area (Å²) in [5.74, 6) is -0.118. The Hall–Kier alpha value is -2.62. The molecule has 4 heteroatoms. The minimum absolute atomic E-state index is 0.0260. The van der Waals surface area contributed by atoms with E-state index >= 15 is 0 Å². The first-order valence-electron chi connectivity index (χ1n) is 10.0. The normalized spacial score (nSPS) is 11.8. The van der Waals surface area contributed by atoms with Crippen LogP contribution in [0.2, 0.25) is 0 Å². The Balaban J connectivity index is 2.28. The number of likely N-dealkylation sites (N-methyl/N-ethyl adjacent to an activating group) is 1. The average Bonchev–Trinajstić information content (AvgIpc) is 2.66. The van der Waals surface area contributed by atoms with Crippen molar-refractivity contribution >= 4 is 11.8 Å². The van der Waals surface area contributed by atoms with Crippen molar-refractivity contribution in [2.75, 3.05) is 6.54 Å². The monoisotopic (exact) mass is 380 g/mol. The quantitative estimate of drug-likeness (QED) is 0.750. The maximum atomic E-state index is 13.2. The molecule has 0 bridgehead atoms. The molecule has 0 aliphatic heterocycles. The van der Waals surface area contributed by atoms with Crippen LogP contribution in [0.5, 0.6) is 0 Å². The van der Waals surface area contributed by atoms with Gasteiger partial charge >= 0.3 is 0 Å². The van der Waals surface area contributed by atoms with E-state index in [2.05, 4.69) is 25.2 Å². The molecule has 0 fully saturated rings. The number of benzene rings is 2. The van der Waals surface area contributed by atoms with Crippen LogP contribution in [0.3, 0.4) is 0 Å². The third kappa shape index (κ3) is 5.69. The molecule has 0 radical (unpaired) electrons. The van der Waals surface area contributed by atoms with Crippen LogP contribution in [0.15, 0.2) is 42.5 Å². The second-order valence-corrected chi connectivity index (χ2v) is 7.42. The molecular formula is C24H32N2O2. The Kier molecular flexibility index (Phi) is 7.80. The van der Waals surface area contributed by atoms with Crippen LogP contribution < -0.4 is 5.32 Å². The molecule has 0 heterocycles. The molecule has 1 atom stereocenters. The number of hydrogen-bond donors (Lipinski definition) is 1. The van der Waals surface area contributed by atoms with Crippen LogP contribution in [0, 0.1) is 20.8 Å². The van der Waals surface area contributed by atoms with Gasteiger partial charge in [0.05, 0.1) is 6.42 Å². The van der Waals surface area contributed by atoms with Gasteiger partial charge in [-0.25, -0.2) is 0 Å². The number of aryl methyl sites for hydroxylation is 3. The predicted molar refractivity (Wildman–Crippen MR) is 114 cm³/mol. The van der Waals surface area contributed by atoms with Crippen molar-refractivity contribution in [3.63, 3.8) is 0 Å². The fourth-order valence-corrected chi connectivity index (χ4v) is 3.29. The molecular weight excluding hydrogens is 348 g/mol. The standard InChI is InChI=1S/C24H32N2O2/c1-6-22(24(28)25-7-2)26(16-20-11-8-17(3)9-12-20)23(27)15-21-13-10-18(4)19(5)14-21/h8-14,22H,6-7,15-16H2,1-5H3,(H,25,28)/t22-/m0/s1. The highest BCUT2D eigenvalue weighted by Gasteiger charge is 2.28. The van der Waals surface area contributed by atoms with Gasteiger partial charge in [-0.3, -0.25) is 9.59 Å². The van der Waals surface area contributed by atoms with Gasteiger partial charge in [0.1, 0.15) is 6.04 Å². The van der Waals surface area contributed by atoms with E-state index in [1.54, 1.807) is 4.90 Å². The molecule has 2 aromatic rings. The topological polar surface area (TPSA) is 49.4 Å². The third-order valence-corrected chi connectivity index (χ3v) is 5.14. The maximum absolute atomic E-state index is 13.2. The highest BCUT2D eigenvalue weighted by atomic mass is 16.2. The first kappa shape index (κ1) is 21.7. The number of carbonyl (C=O) groups is 2. The van der Waals surface area contributed by atoms with Crippen molar-refractivity contribution in [3.8, 4) is 0 Å². The largest absolute Gasteiger partial charge is 0.355 e. The molecule has 2 rings (SSSR count). The summed E-state index contributed by atoms with van der Waals surface area (Å²) < 4.78 is 0. The zero-order chi connectivity index (χ0) is 20.7. The first-order chi connectivity index (χ1) is 13.3. The number of nitrogens with zero attached hydrogens (tertiary/aromatic N) is 1. The summed E-state index contributed by atoms with van der Waals surface area (Å²) in [6, 6.07) is 13.8. The summed E-state index contributed by atoms with van der Waals surface area (Å²) in [4.78, 5) is 27.6. The van der Waals surface area contributed by atoms with E-state index in [9.17, 15) is 9.59 Å². The van der Waals surface area contributed by atoms with Crippen LogP contribution >= 0.6 is 0 Å². The molecule has 0 unspecified atom stereocenters. The zero-order valence-corrected chi connectivity index (χ0v) is 17.7. The number of carbonyl (C=O) groups excluding carboxylic acids is 2. The van der Waals surface area contributed by atoms with Gasteiger partial charge in [0.2, 0.25) is 11.8 Å². The highest BCUT2D eigenvalue weighted by Crippen LogP contribution is 2.17. The van der Waals surface area contributed by atoms with Crippen LogP contribution in [0.4, 0.5) is 0 Å². The van der Waals surface area contributed by atoms with Crippen LogP contribution in [-0.4, -0.2) is 29.3 Å². The summed E-state index contributed by atoms with van der Waals surface area (Å²) in [5, 5.41) is 2.87. The lowest BCUT2D eigenvalue weighted by Gasteiger charge is -2.30. The molecule has 150 valence electrons. The van der Waals surface area contributed by atoms with Crippen molar-refractivity contribution in [2.24, 2.45) is 0 Å². The lowest BCUT2D eigenvalue weighted by Crippen LogP contribution is -2.49. The smallest absolute Gasteiger partial charge is 0.242 e. The molecule has 0 saturated carbocycles. The Morgan fingerprint density at radius 2 is 1.57 bits per heavy atom. The summed E-state index contributed by atoms with van der Waals surface area (Å²) in [5.41, 5.74) is 5.56. The SMILES string of the molecule is CCNC(=O)[C@H](CC)N(Cc1ccc(C)cc1)C(=O)Cc1ccc(C)c(C)c1. The second kappa shape index (κ2) is 10.1. The van der Waals surface area contributed by atoms with E-state index < -0.39 is 6.04 Å². The van der Waals surface area contributed by atoms with Gasteiger partial charge in [-0.2, -0.15) is 0 Å². The Morgan fingerprint density at radius 3 is 2.14 bits per heavy atom. The van der Waals surface area contributed by atoms with Gasteiger partial charge < -0.3 is 10.2 Å². The summed E-state index contributed by atoms with van der Waals surface area (Å²) in [6.07, 6.45) is 0.874. The van der Waals surface area contributed by atoms with Gasteiger partial charge in [-0.1, -0.05) is 55.0 Å². The molecule has 0 aromatic heterocycles. The van der Waals surface area contributed by atoms with E-state index in [0.29, 0.717) is 25.9 Å². The zero-order valence-electron chi connectivity index (χ0n) is 17.7. The van der Waals surface area contributed by atoms with Gasteiger partial charge in [-0.15, -0.1) is 0 Å². The van der Waals surface area contributed by atoms with E-state index in [4.69, 9.17) is 0 Å². The number of hydrogen-bond acceptors (Lipinski definition) is 2. The minimum atomic E-state index is -0.472. The van der Waals surface area contributed by atoms with Crippen molar-refractivity contribution in [3.05, 3.63) is 70.3 Å². The van der Waals surface area contributed by atoms with Crippen LogP contribution in [0.25, 0.3) is 0 Å². The van der Waals surface area contributed by atoms with Crippen LogP contribution in [-0.2, 0) is 22.6 Å². The molecule has 0 aliphatic rings. The van der Waals surface area contributed by atoms with E-state index in [1.165, 1.54) is 16.7 Å². The minimum Gasteiger partial charge on any atom is -0.355 e. The molecule has 0 saturated heterocycles. The lowest BCUT2D eigenvalue weighted by molar-refractivity contribution is -0.140. The molecule has 2 amide bonds. The Bertz CT molecular complexity index is 812. The van der Waals surface area contributed by atoms with Crippen molar-refractivity contribution in [2.45, 2.75) is 60.0 Å². The second-order valence-electron chi connectivity index (χ2n) is 7.42. The fourth-order valence-electron chi connectivity index (χ4n) is 3.29. The Morgan fingerprint density at radius 1 is 0.929 bits per heavy atom. The van der Waals surface area contributed by atoms with Crippen molar-refractivity contribution in [1.82, 2.24) is 10.2 Å². The van der Waals surface area contributed by atoms with Crippen LogP contribution in [0.1, 0.15) is 48.1 Å². The van der Waals surface area contributed by atoms with Gasteiger partial charge in [0.25, 0.3) is 0 Å². The van der Waals surface area contributed by atoms with E-state index in [0.717, 1.165) is 11.1 Å². The van der Waals surface area contributed by atoms with E-state index in [-0.39, 0.29) is 11.8 Å². The number of rotatable bonds is 8. The molecule has 4 nitrogen and oxygen atoms in total. The molecule has 0 spiro atoms. The van der Waals surface area contributed by atoms with Gasteiger partial charge in [0, 0.05) is 13.1 Å². The van der Waals surface area contributed by atoms with Crippen molar-refractivity contribution < 1.29 is 9.59 Å².